The number of nitrogens with one attached hydrogen (secondary N) is 1. The molecule has 222 valence electrons. The van der Waals surface area contributed by atoms with E-state index in [0.717, 1.165) is 82.7 Å². The number of ether oxygens (including phenoxy) is 1. The Hall–Kier alpha value is -2.12. The number of amides is 1. The lowest BCUT2D eigenvalue weighted by Crippen LogP contribution is -2.47. The van der Waals surface area contributed by atoms with Crippen LogP contribution in [0.2, 0.25) is 5.02 Å². The van der Waals surface area contributed by atoms with Gasteiger partial charge in [-0.05, 0) is 58.2 Å². The van der Waals surface area contributed by atoms with Gasteiger partial charge in [-0.25, -0.2) is 0 Å². The van der Waals surface area contributed by atoms with Gasteiger partial charge in [0.25, 0.3) is 0 Å². The Morgan fingerprint density at radius 2 is 1.82 bits per heavy atom. The van der Waals surface area contributed by atoms with E-state index < -0.39 is 5.54 Å². The lowest BCUT2D eigenvalue weighted by Gasteiger charge is -2.36. The largest absolute Gasteiger partial charge is 0.462 e. The average Bonchev–Trinajstić information content (AvgIpc) is 3.23. The molecule has 2 atom stereocenters. The number of nitrogens with zero attached hydrogens (tertiary/aromatic N) is 2. The summed E-state index contributed by atoms with van der Waals surface area (Å²) in [5, 5.41) is 3.18. The number of piperazine rings is 1. The van der Waals surface area contributed by atoms with Crippen LogP contribution in [0.15, 0.2) is 24.3 Å². The van der Waals surface area contributed by atoms with Gasteiger partial charge in [0.05, 0.1) is 11.0 Å². The highest BCUT2D eigenvalue weighted by atomic mass is 35.5. The van der Waals surface area contributed by atoms with Crippen molar-refractivity contribution in [2.75, 3.05) is 37.6 Å². The van der Waals surface area contributed by atoms with Gasteiger partial charge in [0.15, 0.2) is 5.78 Å². The van der Waals surface area contributed by atoms with E-state index in [2.05, 4.69) is 35.0 Å². The third kappa shape index (κ3) is 11.1. The van der Waals surface area contributed by atoms with Crippen LogP contribution in [0.5, 0.6) is 0 Å². The molecule has 1 aromatic rings. The van der Waals surface area contributed by atoms with E-state index >= 15 is 0 Å². The topological polar surface area (TPSA) is 79.0 Å². The first-order chi connectivity index (χ1) is 18.6. The Bertz CT molecular complexity index is 886. The van der Waals surface area contributed by atoms with Crippen molar-refractivity contribution in [3.63, 3.8) is 0 Å². The minimum Gasteiger partial charge on any atom is -0.462 e. The highest BCUT2D eigenvalue weighted by Gasteiger charge is 2.47. The zero-order valence-corrected chi connectivity index (χ0v) is 26.1. The van der Waals surface area contributed by atoms with Gasteiger partial charge in [-0.15, -0.1) is 0 Å². The molecular weight excluding hydrogens is 514 g/mol. The number of cyclic esters (lactones) is 1. The number of esters is 1. The van der Waals surface area contributed by atoms with Gasteiger partial charge in [-0.2, -0.15) is 0 Å². The van der Waals surface area contributed by atoms with Crippen LogP contribution in [-0.4, -0.2) is 67.4 Å². The monoisotopic (exact) mass is 565 g/mol. The summed E-state index contributed by atoms with van der Waals surface area (Å²) in [6.07, 6.45) is 7.78. The van der Waals surface area contributed by atoms with Crippen LogP contribution < -0.4 is 10.2 Å². The van der Waals surface area contributed by atoms with Crippen molar-refractivity contribution in [1.29, 1.82) is 0 Å². The van der Waals surface area contributed by atoms with Crippen molar-refractivity contribution in [2.24, 2.45) is 5.41 Å². The smallest absolute Gasteiger partial charge is 0.312 e. The van der Waals surface area contributed by atoms with Crippen LogP contribution in [-0.2, 0) is 19.1 Å². The number of anilines is 1. The van der Waals surface area contributed by atoms with Crippen molar-refractivity contribution in [3.8, 4) is 0 Å². The summed E-state index contributed by atoms with van der Waals surface area (Å²) in [7, 11) is 0. The predicted molar refractivity (Wildman–Crippen MR) is 161 cm³/mol. The van der Waals surface area contributed by atoms with Crippen LogP contribution in [0.25, 0.3) is 0 Å². The summed E-state index contributed by atoms with van der Waals surface area (Å²) in [5.74, 6) is 0.0215. The highest BCUT2D eigenvalue weighted by molar-refractivity contribution is 6.30. The third-order valence-corrected chi connectivity index (χ3v) is 7.91. The van der Waals surface area contributed by atoms with Crippen LogP contribution >= 0.6 is 11.6 Å². The van der Waals surface area contributed by atoms with Gasteiger partial charge in [0, 0.05) is 49.9 Å². The lowest BCUT2D eigenvalue weighted by molar-refractivity contribution is -0.149. The molecule has 0 bridgehead atoms. The minimum atomic E-state index is -0.707. The zero-order valence-electron chi connectivity index (χ0n) is 25.4. The van der Waals surface area contributed by atoms with E-state index in [1.54, 1.807) is 13.8 Å². The van der Waals surface area contributed by atoms with Crippen molar-refractivity contribution >= 4 is 35.5 Å². The Balaban J connectivity index is 0.000000589. The normalized spacial score (nSPS) is 21.2. The number of hydrogen-bond acceptors (Lipinski definition) is 6. The summed E-state index contributed by atoms with van der Waals surface area (Å²) in [4.78, 5) is 38.0. The van der Waals surface area contributed by atoms with E-state index in [9.17, 15) is 14.4 Å². The molecular formula is C31H52ClN3O4. The third-order valence-electron chi connectivity index (χ3n) is 7.68. The number of hydrogen-bond donors (Lipinski definition) is 1. The maximum atomic E-state index is 12.6. The minimum absolute atomic E-state index is 0.0467. The molecule has 2 unspecified atom stereocenters. The maximum Gasteiger partial charge on any atom is 0.312 e. The molecule has 1 aromatic carbocycles. The Morgan fingerprint density at radius 1 is 1.15 bits per heavy atom. The fourth-order valence-electron chi connectivity index (χ4n) is 5.00. The molecule has 2 heterocycles. The van der Waals surface area contributed by atoms with Crippen LogP contribution in [0.3, 0.4) is 0 Å². The summed E-state index contributed by atoms with van der Waals surface area (Å²) >= 11 is 6.13. The van der Waals surface area contributed by atoms with Gasteiger partial charge >= 0.3 is 5.97 Å². The molecule has 7 nitrogen and oxygen atoms in total. The first-order valence-corrected chi connectivity index (χ1v) is 15.1. The Labute approximate surface area is 242 Å². The first-order valence-electron chi connectivity index (χ1n) is 14.7. The highest BCUT2D eigenvalue weighted by Crippen LogP contribution is 2.43. The van der Waals surface area contributed by atoms with Gasteiger partial charge in [-0.1, -0.05) is 64.6 Å². The molecule has 3 rings (SSSR count). The van der Waals surface area contributed by atoms with Crippen molar-refractivity contribution in [2.45, 2.75) is 105 Å². The van der Waals surface area contributed by atoms with E-state index in [0.29, 0.717) is 6.41 Å². The second-order valence-corrected chi connectivity index (χ2v) is 11.3. The number of carbonyl (C=O) groups is 3. The fourth-order valence-corrected chi connectivity index (χ4v) is 5.19. The molecule has 0 aromatic heterocycles. The van der Waals surface area contributed by atoms with Gasteiger partial charge < -0.3 is 15.0 Å². The van der Waals surface area contributed by atoms with Crippen molar-refractivity contribution in [3.05, 3.63) is 29.3 Å². The Kier molecular flexibility index (Phi) is 15.7. The molecule has 2 aliphatic rings. The number of rotatable bonds is 12. The maximum absolute atomic E-state index is 12.6. The summed E-state index contributed by atoms with van der Waals surface area (Å²) < 4.78 is 5.83. The molecule has 0 spiro atoms. The second-order valence-electron chi connectivity index (χ2n) is 10.9. The molecule has 0 aliphatic carbocycles. The lowest BCUT2D eigenvalue weighted by atomic mass is 9.76. The van der Waals surface area contributed by atoms with Gasteiger partial charge in [0.1, 0.15) is 6.10 Å². The van der Waals surface area contributed by atoms with Crippen molar-refractivity contribution in [1.82, 2.24) is 10.2 Å². The number of carbonyl (C=O) groups excluding carboxylic acids is 3. The molecule has 2 aliphatic heterocycles. The molecule has 1 amide bonds. The first kappa shape index (κ1) is 34.9. The van der Waals surface area contributed by atoms with E-state index in [4.69, 9.17) is 16.3 Å². The Morgan fingerprint density at radius 3 is 2.33 bits per heavy atom. The number of halogens is 1. The molecule has 2 fully saturated rings. The van der Waals surface area contributed by atoms with E-state index in [1.807, 2.05) is 32.0 Å². The van der Waals surface area contributed by atoms with E-state index in [-0.39, 0.29) is 23.3 Å². The van der Waals surface area contributed by atoms with Crippen molar-refractivity contribution < 1.29 is 19.1 Å². The number of ketones is 1. The van der Waals surface area contributed by atoms with Gasteiger partial charge in [-0.3, -0.25) is 19.3 Å². The molecule has 0 saturated carbocycles. The van der Waals surface area contributed by atoms with Crippen LogP contribution in [0, 0.1) is 5.41 Å². The predicted octanol–water partition coefficient (Wildman–Crippen LogP) is 6.27. The molecule has 2 saturated heterocycles. The summed E-state index contributed by atoms with van der Waals surface area (Å²) in [6, 6.07) is 8.10. The molecule has 1 N–H and O–H groups in total. The number of unbranched alkanes of at least 4 members (excludes halogenated alkanes) is 1. The molecule has 0 radical (unpaired) electrons. The fraction of sp³-hybridized carbons (Fsp3) is 0.710. The number of Topliss-reactive ketones (excluding diaryl/α,β-unsaturated/α-hetero) is 1. The standard InChI is InChI=1S/C23H35ClN2O2.C6H11NO2.C2H6/c1-3-5-11-23(10-4-2)18-21(28-22(23)27)9-12-25-13-15-26(16-14-25)20-8-6-7-19(24)17-20;1-5(9)6(2,3)7-4-8;1-2/h6-8,17,21H,3-5,9-16,18H2,1-2H3;4H,1-3H3,(H,7,8);1-2H3. The average molecular weight is 566 g/mol. The summed E-state index contributed by atoms with van der Waals surface area (Å²) in [5.41, 5.74) is 0.291. The summed E-state index contributed by atoms with van der Waals surface area (Å²) in [6.45, 7) is 18.3. The quantitative estimate of drug-likeness (QED) is 0.238. The van der Waals surface area contributed by atoms with Crippen LogP contribution in [0.4, 0.5) is 5.69 Å². The second kappa shape index (κ2) is 17.5. The molecule has 39 heavy (non-hydrogen) atoms. The zero-order chi connectivity index (χ0) is 29.5. The van der Waals surface area contributed by atoms with E-state index in [1.165, 1.54) is 12.6 Å². The SMILES string of the molecule is CC.CC(=O)C(C)(C)NC=O.CCCCC1(CCC)CC(CCN2CCN(c3cccc(Cl)c3)CC2)OC1=O. The van der Waals surface area contributed by atoms with Crippen LogP contribution in [0.1, 0.15) is 93.4 Å². The number of benzene rings is 1. The molecule has 8 heteroatoms. The van der Waals surface area contributed by atoms with Gasteiger partial charge in [0.2, 0.25) is 6.41 Å².